The van der Waals surface area contributed by atoms with Gasteiger partial charge in [-0.3, -0.25) is 4.98 Å². The van der Waals surface area contributed by atoms with Crippen LogP contribution < -0.4 is 10.6 Å². The van der Waals surface area contributed by atoms with Gasteiger partial charge < -0.3 is 15.4 Å². The molecule has 0 unspecified atom stereocenters. The number of fused-ring (bicyclic) bond motifs is 3. The molecule has 7 heteroatoms. The molecular formula is C27H28F3N3O. The molecule has 178 valence electrons. The third kappa shape index (κ3) is 4.95. The molecule has 0 radical (unpaired) electrons. The van der Waals surface area contributed by atoms with Gasteiger partial charge in [0, 0.05) is 36.1 Å². The Bertz CT molecular complexity index is 1090. The van der Waals surface area contributed by atoms with E-state index in [1.54, 1.807) is 18.5 Å². The number of halogens is 3. The average molecular weight is 468 g/mol. The van der Waals surface area contributed by atoms with Crippen LogP contribution >= 0.6 is 0 Å². The summed E-state index contributed by atoms with van der Waals surface area (Å²) in [5, 5.41) is 6.97. The molecule has 5 rings (SSSR count). The maximum absolute atomic E-state index is 13.5. The summed E-state index contributed by atoms with van der Waals surface area (Å²) in [6.07, 6.45) is 1.38. The van der Waals surface area contributed by atoms with Crippen LogP contribution in [0.4, 0.5) is 18.9 Å². The van der Waals surface area contributed by atoms with E-state index < -0.39 is 11.7 Å². The number of aromatic nitrogens is 1. The number of rotatable bonds is 6. The first-order valence-electron chi connectivity index (χ1n) is 11.8. The molecule has 4 atom stereocenters. The number of benzene rings is 2. The van der Waals surface area contributed by atoms with Crippen molar-refractivity contribution in [1.29, 1.82) is 0 Å². The lowest BCUT2D eigenvalue weighted by Gasteiger charge is -2.46. The zero-order chi connectivity index (χ0) is 23.5. The van der Waals surface area contributed by atoms with E-state index in [4.69, 9.17) is 4.74 Å². The number of nitrogens with one attached hydrogen (secondary N) is 2. The van der Waals surface area contributed by atoms with Crippen molar-refractivity contribution in [1.82, 2.24) is 10.3 Å². The molecule has 2 N–H and O–H groups in total. The molecule has 2 aliphatic heterocycles. The van der Waals surface area contributed by atoms with Gasteiger partial charge >= 0.3 is 6.18 Å². The van der Waals surface area contributed by atoms with Crippen LogP contribution in [0.3, 0.4) is 0 Å². The molecule has 34 heavy (non-hydrogen) atoms. The molecule has 1 aromatic heterocycles. The minimum absolute atomic E-state index is 0.00367. The minimum atomic E-state index is -4.39. The van der Waals surface area contributed by atoms with Crippen LogP contribution in [-0.2, 0) is 17.3 Å². The van der Waals surface area contributed by atoms with E-state index in [2.05, 4.69) is 27.8 Å². The fourth-order valence-corrected chi connectivity index (χ4v) is 5.12. The highest BCUT2D eigenvalue weighted by atomic mass is 19.4. The van der Waals surface area contributed by atoms with E-state index >= 15 is 0 Å². The van der Waals surface area contributed by atoms with E-state index in [1.807, 2.05) is 30.3 Å². The first kappa shape index (κ1) is 22.9. The number of hydrogen-bond acceptors (Lipinski definition) is 4. The van der Waals surface area contributed by atoms with Gasteiger partial charge in [0.25, 0.3) is 0 Å². The lowest BCUT2D eigenvalue weighted by Crippen LogP contribution is -2.42. The minimum Gasteiger partial charge on any atom is -0.378 e. The van der Waals surface area contributed by atoms with Crippen LogP contribution in [0, 0.1) is 5.92 Å². The molecule has 0 saturated carbocycles. The molecule has 2 aliphatic rings. The molecule has 1 saturated heterocycles. The first-order chi connectivity index (χ1) is 16.5. The number of anilines is 1. The lowest BCUT2D eigenvalue weighted by atomic mass is 9.76. The van der Waals surface area contributed by atoms with Crippen molar-refractivity contribution in [3.63, 3.8) is 0 Å². The zero-order valence-corrected chi connectivity index (χ0v) is 18.8. The Hall–Kier alpha value is -2.90. The van der Waals surface area contributed by atoms with Gasteiger partial charge in [0.1, 0.15) is 0 Å². The second kappa shape index (κ2) is 9.76. The van der Waals surface area contributed by atoms with E-state index in [1.165, 1.54) is 11.6 Å². The molecule has 0 aliphatic carbocycles. The van der Waals surface area contributed by atoms with Crippen molar-refractivity contribution in [2.24, 2.45) is 5.92 Å². The van der Waals surface area contributed by atoms with Crippen LogP contribution in [0.2, 0.25) is 0 Å². The summed E-state index contributed by atoms with van der Waals surface area (Å²) in [4.78, 5) is 4.04. The molecule has 1 fully saturated rings. The number of alkyl halides is 3. The number of hydrogen-bond donors (Lipinski definition) is 2. The number of ether oxygens (including phenoxy) is 1. The van der Waals surface area contributed by atoms with Crippen molar-refractivity contribution in [3.05, 3.63) is 95.3 Å². The summed E-state index contributed by atoms with van der Waals surface area (Å²) in [5.41, 5.74) is 3.03. The third-order valence-electron chi connectivity index (χ3n) is 6.84. The fraction of sp³-hybridized carbons (Fsp3) is 0.370. The quantitative estimate of drug-likeness (QED) is 0.441. The predicted octanol–water partition coefficient (Wildman–Crippen LogP) is 5.94. The molecule has 0 bridgehead atoms. The van der Waals surface area contributed by atoms with Gasteiger partial charge in [-0.25, -0.2) is 0 Å². The van der Waals surface area contributed by atoms with Gasteiger partial charge in [-0.15, -0.1) is 0 Å². The SMILES string of the molecule is FC(F)(F)c1ccc2c(c1)[C@H]1O[C@@H](CNCCc3ccncc3)CC[C@H]1[C@H](c1ccccc1)N2. The topological polar surface area (TPSA) is 46.2 Å². The highest BCUT2D eigenvalue weighted by Crippen LogP contribution is 2.51. The van der Waals surface area contributed by atoms with Gasteiger partial charge in [0.2, 0.25) is 0 Å². The molecule has 3 heterocycles. The third-order valence-corrected chi connectivity index (χ3v) is 6.84. The molecule has 3 aromatic rings. The van der Waals surface area contributed by atoms with Crippen molar-refractivity contribution < 1.29 is 17.9 Å². The molecule has 0 amide bonds. The Morgan fingerprint density at radius 1 is 1.00 bits per heavy atom. The second-order valence-corrected chi connectivity index (χ2v) is 9.06. The largest absolute Gasteiger partial charge is 0.416 e. The highest BCUT2D eigenvalue weighted by Gasteiger charge is 2.43. The van der Waals surface area contributed by atoms with Crippen molar-refractivity contribution in [2.75, 3.05) is 18.4 Å². The summed E-state index contributed by atoms with van der Waals surface area (Å²) < 4.78 is 46.9. The van der Waals surface area contributed by atoms with Crippen molar-refractivity contribution >= 4 is 5.69 Å². The van der Waals surface area contributed by atoms with Gasteiger partial charge in [-0.05, 0) is 67.3 Å². The van der Waals surface area contributed by atoms with Gasteiger partial charge in [-0.1, -0.05) is 30.3 Å². The monoisotopic (exact) mass is 467 g/mol. The van der Waals surface area contributed by atoms with Gasteiger partial charge in [0.05, 0.1) is 23.8 Å². The number of pyridine rings is 1. The zero-order valence-electron chi connectivity index (χ0n) is 18.8. The van der Waals surface area contributed by atoms with Crippen LogP contribution in [0.1, 0.15) is 47.2 Å². The Labute approximate surface area is 197 Å². The predicted molar refractivity (Wildman–Crippen MR) is 125 cm³/mol. The van der Waals surface area contributed by atoms with Gasteiger partial charge in [-0.2, -0.15) is 13.2 Å². The Kier molecular flexibility index (Phi) is 6.57. The van der Waals surface area contributed by atoms with Crippen LogP contribution in [-0.4, -0.2) is 24.2 Å². The summed E-state index contributed by atoms with van der Waals surface area (Å²) in [5.74, 6) is 0.0615. The normalized spacial score (nSPS) is 24.1. The summed E-state index contributed by atoms with van der Waals surface area (Å²) in [7, 11) is 0. The maximum Gasteiger partial charge on any atom is 0.416 e. The molecular weight excluding hydrogens is 439 g/mol. The molecule has 0 spiro atoms. The van der Waals surface area contributed by atoms with Crippen LogP contribution in [0.25, 0.3) is 0 Å². The highest BCUT2D eigenvalue weighted by molar-refractivity contribution is 5.58. The lowest BCUT2D eigenvalue weighted by molar-refractivity contribution is -0.138. The van der Waals surface area contributed by atoms with E-state index in [-0.39, 0.29) is 24.2 Å². The summed E-state index contributed by atoms with van der Waals surface area (Å²) in [6.45, 7) is 1.48. The summed E-state index contributed by atoms with van der Waals surface area (Å²) >= 11 is 0. The molecule has 2 aromatic carbocycles. The Morgan fingerprint density at radius 3 is 2.56 bits per heavy atom. The Balaban J connectivity index is 1.33. The van der Waals surface area contributed by atoms with Crippen LogP contribution in [0.5, 0.6) is 0 Å². The van der Waals surface area contributed by atoms with E-state index in [0.29, 0.717) is 12.1 Å². The summed E-state index contributed by atoms with van der Waals surface area (Å²) in [6, 6.07) is 18.0. The van der Waals surface area contributed by atoms with Crippen molar-refractivity contribution in [2.45, 2.75) is 43.7 Å². The number of nitrogens with zero attached hydrogens (tertiary/aromatic N) is 1. The van der Waals surface area contributed by atoms with Gasteiger partial charge in [0.15, 0.2) is 0 Å². The smallest absolute Gasteiger partial charge is 0.378 e. The molecule has 4 nitrogen and oxygen atoms in total. The van der Waals surface area contributed by atoms with Crippen LogP contribution in [0.15, 0.2) is 73.1 Å². The fourth-order valence-electron chi connectivity index (χ4n) is 5.12. The second-order valence-electron chi connectivity index (χ2n) is 9.06. The Morgan fingerprint density at radius 2 is 1.79 bits per heavy atom. The average Bonchev–Trinajstić information content (AvgIpc) is 2.86. The first-order valence-corrected chi connectivity index (χ1v) is 11.8. The standard InChI is InChI=1S/C27H28F3N3O/c28-27(29,30)20-6-9-24-23(16-20)26-22(25(33-24)19-4-2-1-3-5-19)8-7-21(34-26)17-32-15-12-18-10-13-31-14-11-18/h1-6,9-11,13-14,16,21-22,25-26,32-33H,7-8,12,15,17H2/t21-,22+,25+,26+/m1/s1. The van der Waals surface area contributed by atoms with Crippen molar-refractivity contribution in [3.8, 4) is 0 Å². The van der Waals surface area contributed by atoms with E-state index in [0.717, 1.165) is 43.1 Å². The maximum atomic E-state index is 13.5. The van der Waals surface area contributed by atoms with E-state index in [9.17, 15) is 13.2 Å².